The van der Waals surface area contributed by atoms with Crippen molar-refractivity contribution < 1.29 is 71.6 Å². The number of carboxylic acid groups (broad SMARTS) is 1. The van der Waals surface area contributed by atoms with Crippen LogP contribution in [0.5, 0.6) is 0 Å². The van der Waals surface area contributed by atoms with Crippen molar-refractivity contribution in [1.82, 2.24) is 4.90 Å². The predicted octanol–water partition coefficient (Wildman–Crippen LogP) is -2.19. The standard InChI is InChI=1S/C19H25NO3.K.H2O/c21-18(20-12-15-8-4-5-9-16(15)13-20)11-17(19(22)23)10-14-6-2-1-3-7-14;;/h1-3,6-7,15-17H,4-5,8-13H2,(H,22,23);;1H2/q;+1;/p-1/t15-,16+,17-;;/m0../s1. The molecule has 1 saturated carbocycles. The number of nitrogens with zero attached hydrogens (tertiary/aromatic N) is 1. The maximum Gasteiger partial charge on any atom is 1.00 e. The molecule has 0 spiro atoms. The van der Waals surface area contributed by atoms with E-state index in [1.807, 2.05) is 35.2 Å². The summed E-state index contributed by atoms with van der Waals surface area (Å²) >= 11 is 0. The summed E-state index contributed by atoms with van der Waals surface area (Å²) in [6, 6.07) is 9.45. The molecular weight excluding hydrogens is 345 g/mol. The van der Waals surface area contributed by atoms with E-state index in [1.165, 1.54) is 25.7 Å². The maximum atomic E-state index is 12.5. The number of likely N-dealkylation sites (tertiary alicyclic amines) is 1. The van der Waals surface area contributed by atoms with Crippen LogP contribution in [-0.2, 0) is 16.0 Å². The Morgan fingerprint density at radius 1 is 1.08 bits per heavy atom. The molecule has 2 N–H and O–H groups in total. The number of carbonyl (C=O) groups excluding carboxylic acids is 2. The molecule has 1 aromatic rings. The van der Waals surface area contributed by atoms with Crippen LogP contribution in [0.15, 0.2) is 30.3 Å². The molecule has 2 fully saturated rings. The summed E-state index contributed by atoms with van der Waals surface area (Å²) in [7, 11) is 0. The minimum atomic E-state index is -1.13. The number of carboxylic acids is 1. The predicted molar refractivity (Wildman–Crippen MR) is 88.9 cm³/mol. The smallest absolute Gasteiger partial charge is 0.550 e. The van der Waals surface area contributed by atoms with Crippen LogP contribution >= 0.6 is 0 Å². The number of aliphatic carboxylic acids is 1. The average Bonchev–Trinajstić information content (AvgIpc) is 2.99. The number of hydrogen-bond donors (Lipinski definition) is 0. The summed E-state index contributed by atoms with van der Waals surface area (Å²) in [6.07, 6.45) is 5.36. The number of hydrogen-bond acceptors (Lipinski definition) is 3. The van der Waals surface area contributed by atoms with E-state index < -0.39 is 11.9 Å². The van der Waals surface area contributed by atoms with E-state index in [4.69, 9.17) is 0 Å². The third kappa shape index (κ3) is 6.15. The van der Waals surface area contributed by atoms with Gasteiger partial charge in [0.2, 0.25) is 5.91 Å². The van der Waals surface area contributed by atoms with Crippen LogP contribution < -0.4 is 56.5 Å². The summed E-state index contributed by atoms with van der Waals surface area (Å²) in [5.41, 5.74) is 0.935. The first kappa shape index (κ1) is 22.8. The molecule has 1 aliphatic heterocycles. The van der Waals surface area contributed by atoms with Crippen molar-refractivity contribution in [2.45, 2.75) is 38.5 Å². The number of carbonyl (C=O) groups is 2. The van der Waals surface area contributed by atoms with Crippen LogP contribution in [-0.4, -0.2) is 35.3 Å². The molecule has 1 saturated heterocycles. The van der Waals surface area contributed by atoms with Gasteiger partial charge < -0.3 is 20.3 Å². The van der Waals surface area contributed by atoms with Crippen molar-refractivity contribution in [3.05, 3.63) is 35.9 Å². The Kier molecular flexibility index (Phi) is 9.84. The number of amides is 1. The number of fused-ring (bicyclic) bond motifs is 1. The molecule has 0 bridgehead atoms. The molecule has 3 rings (SSSR count). The fraction of sp³-hybridized carbons (Fsp3) is 0.579. The van der Waals surface area contributed by atoms with Gasteiger partial charge in [0.15, 0.2) is 0 Å². The summed E-state index contributed by atoms with van der Waals surface area (Å²) in [5.74, 6) is -0.637. The zero-order valence-corrected chi connectivity index (χ0v) is 18.1. The van der Waals surface area contributed by atoms with Crippen LogP contribution in [0, 0.1) is 17.8 Å². The Balaban J connectivity index is 0.00000156. The van der Waals surface area contributed by atoms with Gasteiger partial charge in [-0.1, -0.05) is 43.2 Å². The SMILES string of the molecule is O.O=C([O-])[C@H](CC(=O)N1C[C@H]2CCCC[C@H]2C1)Cc1ccccc1.[K+]. The second-order valence-electron chi connectivity index (χ2n) is 7.01. The minimum Gasteiger partial charge on any atom is -0.550 e. The molecule has 1 aromatic carbocycles. The van der Waals surface area contributed by atoms with Crippen molar-refractivity contribution in [2.24, 2.45) is 17.8 Å². The summed E-state index contributed by atoms with van der Waals surface area (Å²) < 4.78 is 0. The molecular formula is C19H26KNO4. The van der Waals surface area contributed by atoms with E-state index in [-0.39, 0.29) is 69.2 Å². The number of rotatable bonds is 5. The van der Waals surface area contributed by atoms with E-state index in [0.29, 0.717) is 18.3 Å². The molecule has 5 nitrogen and oxygen atoms in total. The fourth-order valence-electron chi connectivity index (χ4n) is 4.09. The van der Waals surface area contributed by atoms with Crippen LogP contribution in [0.2, 0.25) is 0 Å². The first-order valence-electron chi connectivity index (χ1n) is 8.66. The molecule has 132 valence electrons. The normalized spacial score (nSPS) is 23.0. The Morgan fingerprint density at radius 3 is 2.16 bits per heavy atom. The largest absolute Gasteiger partial charge is 1.00 e. The van der Waals surface area contributed by atoms with Crippen LogP contribution in [0.3, 0.4) is 0 Å². The summed E-state index contributed by atoms with van der Waals surface area (Å²) in [4.78, 5) is 25.8. The second-order valence-corrected chi connectivity index (χ2v) is 7.01. The molecule has 3 atom stereocenters. The van der Waals surface area contributed by atoms with E-state index in [2.05, 4.69) is 0 Å². The molecule has 6 heteroatoms. The van der Waals surface area contributed by atoms with Gasteiger partial charge >= 0.3 is 51.4 Å². The van der Waals surface area contributed by atoms with Gasteiger partial charge in [0.25, 0.3) is 0 Å². The van der Waals surface area contributed by atoms with Crippen LogP contribution in [0.1, 0.15) is 37.7 Å². The topological polar surface area (TPSA) is 91.9 Å². The van der Waals surface area contributed by atoms with Gasteiger partial charge in [-0.25, -0.2) is 0 Å². The van der Waals surface area contributed by atoms with Crippen molar-refractivity contribution in [2.75, 3.05) is 13.1 Å². The van der Waals surface area contributed by atoms with Crippen molar-refractivity contribution in [3.63, 3.8) is 0 Å². The molecule has 1 amide bonds. The maximum absolute atomic E-state index is 12.5. The van der Waals surface area contributed by atoms with Gasteiger partial charge in [0.05, 0.1) is 0 Å². The first-order chi connectivity index (χ1) is 11.1. The zero-order valence-electron chi connectivity index (χ0n) is 14.9. The minimum absolute atomic E-state index is 0. The summed E-state index contributed by atoms with van der Waals surface area (Å²) in [6.45, 7) is 1.63. The molecule has 25 heavy (non-hydrogen) atoms. The van der Waals surface area contributed by atoms with Crippen molar-refractivity contribution in [1.29, 1.82) is 0 Å². The van der Waals surface area contributed by atoms with E-state index in [0.717, 1.165) is 18.7 Å². The van der Waals surface area contributed by atoms with E-state index in [1.54, 1.807) is 0 Å². The number of benzene rings is 1. The summed E-state index contributed by atoms with van der Waals surface area (Å²) in [5, 5.41) is 11.4. The molecule has 0 aromatic heterocycles. The Bertz CT molecular complexity index is 552. The Labute approximate surface area is 191 Å². The van der Waals surface area contributed by atoms with Gasteiger partial charge in [0.1, 0.15) is 0 Å². The Morgan fingerprint density at radius 2 is 1.64 bits per heavy atom. The van der Waals surface area contributed by atoms with Gasteiger partial charge in [-0.3, -0.25) is 4.79 Å². The zero-order chi connectivity index (χ0) is 16.2. The van der Waals surface area contributed by atoms with E-state index in [9.17, 15) is 14.7 Å². The van der Waals surface area contributed by atoms with Gasteiger partial charge in [-0.05, 0) is 36.7 Å². The molecule has 1 heterocycles. The average molecular weight is 372 g/mol. The van der Waals surface area contributed by atoms with Gasteiger partial charge in [0, 0.05) is 31.4 Å². The van der Waals surface area contributed by atoms with Crippen LogP contribution in [0.25, 0.3) is 0 Å². The monoisotopic (exact) mass is 371 g/mol. The third-order valence-corrected chi connectivity index (χ3v) is 5.41. The first-order valence-corrected chi connectivity index (χ1v) is 8.66. The van der Waals surface area contributed by atoms with Crippen molar-refractivity contribution in [3.8, 4) is 0 Å². The molecule has 0 radical (unpaired) electrons. The van der Waals surface area contributed by atoms with Crippen molar-refractivity contribution >= 4 is 11.9 Å². The second kappa shape index (κ2) is 10.8. The third-order valence-electron chi connectivity index (χ3n) is 5.41. The molecule has 1 aliphatic carbocycles. The quantitative estimate of drug-likeness (QED) is 0.551. The fourth-order valence-corrected chi connectivity index (χ4v) is 4.09. The molecule has 2 aliphatic rings. The van der Waals surface area contributed by atoms with Gasteiger partial charge in [-0.15, -0.1) is 0 Å². The van der Waals surface area contributed by atoms with E-state index >= 15 is 0 Å². The van der Waals surface area contributed by atoms with Gasteiger partial charge in [-0.2, -0.15) is 0 Å². The Hall–Kier alpha value is -0.244. The van der Waals surface area contributed by atoms with Crippen LogP contribution in [0.4, 0.5) is 0 Å². The molecule has 0 unspecified atom stereocenters.